The molecule has 135 heavy (non-hydrogen) atoms. The fourth-order valence-corrected chi connectivity index (χ4v) is 18.7. The zero-order valence-electron chi connectivity index (χ0n) is 76.7. The van der Waals surface area contributed by atoms with Crippen LogP contribution in [0.2, 0.25) is 5.02 Å². The lowest BCUT2D eigenvalue weighted by atomic mass is 9.86. The van der Waals surface area contributed by atoms with Gasteiger partial charge in [0.1, 0.15) is 96.2 Å². The molecule has 0 amide bonds. The summed E-state index contributed by atoms with van der Waals surface area (Å²) in [6.07, 6.45) is 7.02. The predicted octanol–water partition coefficient (Wildman–Crippen LogP) is 18.9. The number of β-amino-alcohol motifs (C(OH)–C–C–N with tert-alkyl or cyclic N) is 4. The molecular weight excluding hydrogens is 1740 g/mol. The average molecular weight is 1850 g/mol. The molecule has 5 aliphatic heterocycles. The van der Waals surface area contributed by atoms with E-state index >= 15 is 0 Å². The van der Waals surface area contributed by atoms with Crippen molar-refractivity contribution in [2.45, 2.75) is 147 Å². The van der Waals surface area contributed by atoms with Gasteiger partial charge in [0.25, 0.3) is 23.6 Å². The van der Waals surface area contributed by atoms with E-state index in [2.05, 4.69) is 147 Å². The highest BCUT2D eigenvalue weighted by molar-refractivity contribution is 6.30. The van der Waals surface area contributed by atoms with Crippen LogP contribution in [0.5, 0.6) is 34.5 Å². The number of halogens is 1. The lowest BCUT2D eigenvalue weighted by Crippen LogP contribution is -2.40. The van der Waals surface area contributed by atoms with Crippen LogP contribution in [0.1, 0.15) is 139 Å². The fraction of sp³-hybridized carbons (Fsp3) is 0.385. The predicted molar refractivity (Wildman–Crippen MR) is 508 cm³/mol. The highest BCUT2D eigenvalue weighted by Crippen LogP contribution is 2.42. The van der Waals surface area contributed by atoms with Gasteiger partial charge in [-0.05, 0) is 242 Å². The van der Waals surface area contributed by atoms with Gasteiger partial charge < -0.3 is 104 Å². The number of aromatic nitrogens is 8. The van der Waals surface area contributed by atoms with E-state index in [-0.39, 0.29) is 26.4 Å². The second-order valence-electron chi connectivity index (χ2n) is 35.4. The molecule has 704 valence electrons. The van der Waals surface area contributed by atoms with Crippen molar-refractivity contribution in [3.05, 3.63) is 250 Å². The van der Waals surface area contributed by atoms with E-state index in [1.165, 1.54) is 33.4 Å². The van der Waals surface area contributed by atoms with Crippen LogP contribution < -0.4 is 28.4 Å². The van der Waals surface area contributed by atoms with Crippen molar-refractivity contribution in [3.63, 3.8) is 0 Å². The fourth-order valence-electron chi connectivity index (χ4n) is 18.6. The molecule has 21 rings (SSSR count). The number of aliphatic hydroxyl groups is 4. The van der Waals surface area contributed by atoms with Gasteiger partial charge in [0.2, 0.25) is 30.4 Å². The van der Waals surface area contributed by atoms with E-state index in [1.807, 2.05) is 122 Å². The zero-order chi connectivity index (χ0) is 92.8. The summed E-state index contributed by atoms with van der Waals surface area (Å²) in [5, 5.41) is 78.2. The quantitative estimate of drug-likeness (QED) is 0.0338. The Morgan fingerprint density at radius 3 is 1.05 bits per heavy atom. The molecule has 0 bridgehead atoms. The Labute approximate surface area is 786 Å². The second kappa shape index (κ2) is 43.3. The summed E-state index contributed by atoms with van der Waals surface area (Å²) < 4.78 is 80.3. The van der Waals surface area contributed by atoms with Crippen LogP contribution >= 0.6 is 11.6 Å². The summed E-state index contributed by atoms with van der Waals surface area (Å²) in [7, 11) is 0. The number of piperidine rings is 4. The number of fused-ring (bicyclic) bond motifs is 5. The van der Waals surface area contributed by atoms with Crippen LogP contribution in [0.25, 0.3) is 90.5 Å². The summed E-state index contributed by atoms with van der Waals surface area (Å²) in [6.45, 7) is 22.7. The zero-order valence-corrected chi connectivity index (χ0v) is 77.4. The Kier molecular flexibility index (Phi) is 29.7. The van der Waals surface area contributed by atoms with Gasteiger partial charge in [-0.15, -0.1) is 40.8 Å². The Morgan fingerprint density at radius 1 is 0.341 bits per heavy atom. The lowest BCUT2D eigenvalue weighted by molar-refractivity contribution is 0.0598. The minimum atomic E-state index is -0.600. The number of nitrogens with zero attached hydrogens (tertiary/aromatic N) is 12. The monoisotopic (exact) mass is 1850 g/mol. The molecule has 5 aliphatic rings. The Bertz CT molecular complexity index is 6550. The number of hydrogen-bond acceptors (Lipinski definition) is 30. The number of ether oxygens (including phenoxy) is 6. The number of likely N-dealkylation sites (tertiary alicyclic amines) is 4. The van der Waals surface area contributed by atoms with Gasteiger partial charge in [0, 0.05) is 82.7 Å². The lowest BCUT2D eigenvalue weighted by Gasteiger charge is -2.34. The second-order valence-corrected chi connectivity index (χ2v) is 35.9. The number of aliphatic hydroxyl groups excluding tert-OH is 4. The van der Waals surface area contributed by atoms with Gasteiger partial charge in [-0.3, -0.25) is 0 Å². The van der Waals surface area contributed by atoms with E-state index in [1.54, 1.807) is 20.8 Å². The van der Waals surface area contributed by atoms with Crippen molar-refractivity contribution < 1.29 is 84.2 Å². The van der Waals surface area contributed by atoms with Crippen LogP contribution in [-0.4, -0.2) is 217 Å². The summed E-state index contributed by atoms with van der Waals surface area (Å²) >= 11 is 6.00. The summed E-state index contributed by atoms with van der Waals surface area (Å²) in [5.74, 6) is 11.9. The third-order valence-corrected chi connectivity index (χ3v) is 25.8. The van der Waals surface area contributed by atoms with E-state index in [9.17, 15) is 20.4 Å². The molecule has 4 N–H and O–H groups in total. The van der Waals surface area contributed by atoms with Gasteiger partial charge in [-0.25, -0.2) is 0 Å². The Morgan fingerprint density at radius 2 is 0.689 bits per heavy atom. The number of furan rings is 4. The van der Waals surface area contributed by atoms with Crippen molar-refractivity contribution in [2.24, 2.45) is 0 Å². The van der Waals surface area contributed by atoms with Gasteiger partial charge in [-0.2, -0.15) is 0 Å². The van der Waals surface area contributed by atoms with Crippen molar-refractivity contribution >= 4 is 55.5 Å². The average Bonchev–Trinajstić information content (AvgIpc) is 1.76. The van der Waals surface area contributed by atoms with Crippen LogP contribution in [0.4, 0.5) is 0 Å². The van der Waals surface area contributed by atoms with Gasteiger partial charge in [0.15, 0.2) is 34.5 Å². The highest BCUT2D eigenvalue weighted by Gasteiger charge is 2.31. The van der Waals surface area contributed by atoms with Crippen molar-refractivity contribution in [1.29, 1.82) is 0 Å². The number of rotatable bonds is 29. The highest BCUT2D eigenvalue weighted by atomic mass is 35.5. The summed E-state index contributed by atoms with van der Waals surface area (Å²) in [4.78, 5) is 9.26. The first-order valence-corrected chi connectivity index (χ1v) is 46.9. The normalized spacial score (nSPS) is 16.5. The van der Waals surface area contributed by atoms with E-state index in [4.69, 9.17) is 75.4 Å². The molecule has 0 radical (unpaired) electrons. The Balaban J connectivity index is 0.000000120. The molecule has 4 atom stereocenters. The smallest absolute Gasteiger partial charge is 0.283 e. The van der Waals surface area contributed by atoms with Gasteiger partial charge in [0.05, 0.1) is 21.5 Å². The van der Waals surface area contributed by atoms with Crippen LogP contribution in [0.15, 0.2) is 223 Å². The molecule has 0 aliphatic carbocycles. The third kappa shape index (κ3) is 23.4. The van der Waals surface area contributed by atoms with Crippen molar-refractivity contribution in [1.82, 2.24) is 60.4 Å². The van der Waals surface area contributed by atoms with Crippen LogP contribution in [-0.2, 0) is 6.42 Å². The molecule has 4 saturated heterocycles. The minimum absolute atomic E-state index is 0.197. The largest absolute Gasteiger partial charge is 0.490 e. The molecule has 16 aromatic rings. The molecule has 8 aromatic carbocycles. The van der Waals surface area contributed by atoms with E-state index < -0.39 is 24.4 Å². The standard InChI is InChI=1S/C27H29N3O6.C27H31N3O4.C25H26ClN3O4.C25H27N3O4/c1-2-26-28-29-27(36-26)25-13-20-21(4-3-5-22(20)35-25)32-15-19(31)14-30-10-8-17(9-11-30)18-6-7-23-24(12-18)34-16-33-23;1-17-7-8-22(18(2)13-17)20-9-11-30(12-10-20)15-21(31)16-32-24-5-4-6-25-23(24)14-26(34-25)27-29-28-19(3)33-27;1-16-27-28-25(32-16)24-13-21-22(3-2-4-23(21)33-24)31-15-20(30)14-29-11-9-18(10-12-29)17-5-7-19(26)8-6-17;1-17-26-27-25(31-17)24-14-21-22(8-5-9-23(21)32-24)30-16-20(29)15-28-12-10-19(11-13-28)18-6-3-2-4-7-18/h3-7,12-13,17,19,31H,2,8-11,14-16H2,1H3;4-8,13-14,20-21,31H,9-12,15-16H2,1-3H3;2-8,13,18,20,30H,9-12,14-15H2,1H3;2-9,14,19-20,29H,10-13,15-16H2,1H3/t19-;21-;2*20-/m0000/s1. The van der Waals surface area contributed by atoms with Crippen molar-refractivity contribution in [3.8, 4) is 81.1 Å². The molecule has 31 heteroatoms. The van der Waals surface area contributed by atoms with Crippen LogP contribution in [0, 0.1) is 34.6 Å². The summed E-state index contributed by atoms with van der Waals surface area (Å²) in [5.41, 5.74) is 10.9. The third-order valence-electron chi connectivity index (χ3n) is 25.6. The summed E-state index contributed by atoms with van der Waals surface area (Å²) in [6, 6.07) is 61.6. The van der Waals surface area contributed by atoms with Crippen molar-refractivity contribution in [2.75, 3.05) is 112 Å². The maximum Gasteiger partial charge on any atom is 0.283 e. The molecule has 13 heterocycles. The Hall–Kier alpha value is -12.8. The number of benzene rings is 8. The molecule has 30 nitrogen and oxygen atoms in total. The van der Waals surface area contributed by atoms with Crippen LogP contribution in [0.3, 0.4) is 0 Å². The minimum Gasteiger partial charge on any atom is -0.490 e. The first-order chi connectivity index (χ1) is 65.8. The molecule has 0 saturated carbocycles. The molecular formula is C104H113ClN12O18. The number of aryl methyl sites for hydroxylation is 6. The molecule has 0 unspecified atom stereocenters. The SMILES string of the molecule is CCc1nnc(-c2cc3c(OC[C@@H](O)CN4CCC(c5ccc6c(c5)OCO6)CC4)cccc3o2)o1.Cc1ccc(C2CCN(C[C@H](O)COc3cccc4oc(-c5nnc(C)o5)cc34)CC2)c(C)c1.Cc1nnc(-c2cc3c(OC[C@@H](O)CN4CCC(c5ccc(Cl)cc5)CC4)cccc3o2)o1.Cc1nnc(-c2cc3c(OC[C@@H](O)CN4CCC(c5ccccc5)CC4)cccc3o2)o1. The van der Waals surface area contributed by atoms with E-state index in [0.717, 1.165) is 142 Å². The van der Waals surface area contributed by atoms with E-state index in [0.29, 0.717) is 179 Å². The molecule has 4 fully saturated rings. The molecule has 0 spiro atoms. The van der Waals surface area contributed by atoms with Gasteiger partial charge >= 0.3 is 0 Å². The first kappa shape index (κ1) is 92.7. The first-order valence-electron chi connectivity index (χ1n) is 46.6. The maximum atomic E-state index is 10.7. The molecule has 8 aromatic heterocycles. The topological polar surface area (TPSA) is 357 Å². The van der Waals surface area contributed by atoms with Gasteiger partial charge in [-0.1, -0.05) is 115 Å². The number of hydrogen-bond donors (Lipinski definition) is 4. The maximum absolute atomic E-state index is 10.7.